The first-order valence-corrected chi connectivity index (χ1v) is 7.60. The van der Waals surface area contributed by atoms with Gasteiger partial charge in [-0.1, -0.05) is 24.3 Å². The van der Waals surface area contributed by atoms with Crippen molar-refractivity contribution in [3.05, 3.63) is 35.4 Å². The highest BCUT2D eigenvalue weighted by atomic mass is 16.2. The van der Waals surface area contributed by atoms with Crippen molar-refractivity contribution in [2.45, 2.75) is 19.4 Å². The van der Waals surface area contributed by atoms with Gasteiger partial charge in [0.1, 0.15) is 0 Å². The van der Waals surface area contributed by atoms with Gasteiger partial charge < -0.3 is 10.6 Å². The highest BCUT2D eigenvalue weighted by molar-refractivity contribution is 5.79. The number of carbonyl (C=O) groups excluding carboxylic acids is 1. The molecule has 0 atom stereocenters. The van der Waals surface area contributed by atoms with Crippen molar-refractivity contribution >= 4 is 5.91 Å². The van der Waals surface area contributed by atoms with Crippen molar-refractivity contribution < 1.29 is 4.79 Å². The molecule has 1 aromatic rings. The predicted molar refractivity (Wildman–Crippen MR) is 79.4 cm³/mol. The maximum absolute atomic E-state index is 11.7. The first-order valence-electron chi connectivity index (χ1n) is 7.60. The quantitative estimate of drug-likeness (QED) is 0.779. The Bertz CT molecular complexity index is 471. The van der Waals surface area contributed by atoms with E-state index in [1.165, 1.54) is 11.1 Å². The van der Waals surface area contributed by atoms with Crippen molar-refractivity contribution in [1.29, 1.82) is 0 Å². The van der Waals surface area contributed by atoms with Crippen LogP contribution in [0.1, 0.15) is 17.5 Å². The van der Waals surface area contributed by atoms with Crippen LogP contribution in [0.3, 0.4) is 0 Å². The van der Waals surface area contributed by atoms with Crippen LogP contribution < -0.4 is 10.6 Å². The Balaban J connectivity index is 1.36. The van der Waals surface area contributed by atoms with Crippen LogP contribution in [-0.2, 0) is 17.8 Å². The lowest BCUT2D eigenvalue weighted by molar-refractivity contribution is -0.126. The molecule has 0 bridgehead atoms. The summed E-state index contributed by atoms with van der Waals surface area (Å²) in [5.41, 5.74) is 2.96. The van der Waals surface area contributed by atoms with Gasteiger partial charge in [-0.3, -0.25) is 9.69 Å². The Hall–Kier alpha value is -1.39. The summed E-state index contributed by atoms with van der Waals surface area (Å²) in [6.45, 7) is 5.74. The van der Waals surface area contributed by atoms with Crippen molar-refractivity contribution in [3.8, 4) is 0 Å². The standard InChI is InChI=1S/C16H23N3O/c20-16(15-10-17-11-15)18-7-3-8-19-9-6-13-4-1-2-5-14(13)12-19/h1-2,4-5,15,17H,3,6-12H2,(H,18,20). The van der Waals surface area contributed by atoms with Crippen LogP contribution in [-0.4, -0.2) is 43.5 Å². The molecule has 1 fully saturated rings. The van der Waals surface area contributed by atoms with Gasteiger partial charge in [-0.15, -0.1) is 0 Å². The molecular weight excluding hydrogens is 250 g/mol. The molecule has 0 saturated carbocycles. The fourth-order valence-electron chi connectivity index (χ4n) is 2.88. The Labute approximate surface area is 120 Å². The van der Waals surface area contributed by atoms with Crippen LogP contribution in [0.5, 0.6) is 0 Å². The number of hydrogen-bond donors (Lipinski definition) is 2. The van der Waals surface area contributed by atoms with E-state index in [0.717, 1.165) is 52.1 Å². The zero-order valence-corrected chi connectivity index (χ0v) is 11.9. The highest BCUT2D eigenvalue weighted by Crippen LogP contribution is 2.18. The summed E-state index contributed by atoms with van der Waals surface area (Å²) in [6, 6.07) is 8.71. The minimum atomic E-state index is 0.205. The van der Waals surface area contributed by atoms with Crippen molar-refractivity contribution in [2.24, 2.45) is 5.92 Å². The number of nitrogens with one attached hydrogen (secondary N) is 2. The molecule has 0 spiro atoms. The smallest absolute Gasteiger partial charge is 0.225 e. The molecule has 2 aliphatic heterocycles. The molecule has 3 rings (SSSR count). The molecule has 0 unspecified atom stereocenters. The van der Waals surface area contributed by atoms with Gasteiger partial charge in [0.25, 0.3) is 0 Å². The van der Waals surface area contributed by atoms with Crippen LogP contribution in [0, 0.1) is 5.92 Å². The Morgan fingerprint density at radius 2 is 2.10 bits per heavy atom. The third-order valence-electron chi connectivity index (χ3n) is 4.31. The molecule has 108 valence electrons. The summed E-state index contributed by atoms with van der Waals surface area (Å²) >= 11 is 0. The van der Waals surface area contributed by atoms with Crippen molar-refractivity contribution in [1.82, 2.24) is 15.5 Å². The number of nitrogens with zero attached hydrogens (tertiary/aromatic N) is 1. The molecular formula is C16H23N3O. The topological polar surface area (TPSA) is 44.4 Å². The number of fused-ring (bicyclic) bond motifs is 1. The SMILES string of the molecule is O=C(NCCCN1CCc2ccccc2C1)C1CNC1. The second kappa shape index (κ2) is 6.37. The van der Waals surface area contributed by atoms with E-state index in [1.807, 2.05) is 0 Å². The van der Waals surface area contributed by atoms with E-state index >= 15 is 0 Å². The van der Waals surface area contributed by atoms with E-state index in [1.54, 1.807) is 0 Å². The number of rotatable bonds is 5. The van der Waals surface area contributed by atoms with Crippen LogP contribution >= 0.6 is 0 Å². The highest BCUT2D eigenvalue weighted by Gasteiger charge is 2.24. The summed E-state index contributed by atoms with van der Waals surface area (Å²) in [5, 5.41) is 6.16. The van der Waals surface area contributed by atoms with Crippen LogP contribution in [0.15, 0.2) is 24.3 Å². The van der Waals surface area contributed by atoms with Gasteiger partial charge in [0.2, 0.25) is 5.91 Å². The Morgan fingerprint density at radius 3 is 2.85 bits per heavy atom. The average Bonchev–Trinajstić information content (AvgIpc) is 2.41. The second-order valence-electron chi connectivity index (χ2n) is 5.79. The predicted octanol–water partition coefficient (Wildman–Crippen LogP) is 0.770. The number of carbonyl (C=O) groups is 1. The van der Waals surface area contributed by atoms with Gasteiger partial charge >= 0.3 is 0 Å². The lowest BCUT2D eigenvalue weighted by Gasteiger charge is -2.29. The summed E-state index contributed by atoms with van der Waals surface area (Å²) in [5.74, 6) is 0.421. The van der Waals surface area contributed by atoms with Gasteiger partial charge in [0.05, 0.1) is 5.92 Å². The Kier molecular flexibility index (Phi) is 4.33. The lowest BCUT2D eigenvalue weighted by atomic mass is 10.00. The van der Waals surface area contributed by atoms with E-state index in [2.05, 4.69) is 39.8 Å². The fourth-order valence-corrected chi connectivity index (χ4v) is 2.88. The normalized spacial score (nSPS) is 19.2. The summed E-state index contributed by atoms with van der Waals surface area (Å²) < 4.78 is 0. The van der Waals surface area contributed by atoms with Gasteiger partial charge in [-0.05, 0) is 24.0 Å². The number of benzene rings is 1. The maximum atomic E-state index is 11.7. The molecule has 2 aliphatic rings. The van der Waals surface area contributed by atoms with E-state index in [0.29, 0.717) is 0 Å². The zero-order chi connectivity index (χ0) is 13.8. The fraction of sp³-hybridized carbons (Fsp3) is 0.562. The largest absolute Gasteiger partial charge is 0.356 e. The van der Waals surface area contributed by atoms with E-state index in [-0.39, 0.29) is 11.8 Å². The van der Waals surface area contributed by atoms with E-state index in [9.17, 15) is 4.79 Å². The molecule has 0 aromatic heterocycles. The number of amides is 1. The van der Waals surface area contributed by atoms with Gasteiger partial charge in [0, 0.05) is 39.3 Å². The molecule has 1 saturated heterocycles. The summed E-state index contributed by atoms with van der Waals surface area (Å²) in [4.78, 5) is 14.2. The van der Waals surface area contributed by atoms with E-state index in [4.69, 9.17) is 0 Å². The molecule has 4 nitrogen and oxygen atoms in total. The minimum absolute atomic E-state index is 0.205. The third kappa shape index (κ3) is 3.19. The monoisotopic (exact) mass is 273 g/mol. The van der Waals surface area contributed by atoms with Crippen LogP contribution in [0.2, 0.25) is 0 Å². The third-order valence-corrected chi connectivity index (χ3v) is 4.31. The first-order chi connectivity index (χ1) is 9.83. The average molecular weight is 273 g/mol. The van der Waals surface area contributed by atoms with Crippen LogP contribution in [0.25, 0.3) is 0 Å². The molecule has 20 heavy (non-hydrogen) atoms. The first kappa shape index (κ1) is 13.6. The molecule has 1 aromatic carbocycles. The maximum Gasteiger partial charge on any atom is 0.225 e. The molecule has 2 N–H and O–H groups in total. The molecule has 1 amide bonds. The Morgan fingerprint density at radius 1 is 1.30 bits per heavy atom. The summed E-state index contributed by atoms with van der Waals surface area (Å²) in [7, 11) is 0. The van der Waals surface area contributed by atoms with E-state index < -0.39 is 0 Å². The van der Waals surface area contributed by atoms with Crippen LogP contribution in [0.4, 0.5) is 0 Å². The molecule has 0 aliphatic carbocycles. The zero-order valence-electron chi connectivity index (χ0n) is 11.9. The van der Waals surface area contributed by atoms with Gasteiger partial charge in [-0.25, -0.2) is 0 Å². The van der Waals surface area contributed by atoms with Gasteiger partial charge in [0.15, 0.2) is 0 Å². The van der Waals surface area contributed by atoms with Crippen molar-refractivity contribution in [2.75, 3.05) is 32.7 Å². The molecule has 2 heterocycles. The van der Waals surface area contributed by atoms with Crippen molar-refractivity contribution in [3.63, 3.8) is 0 Å². The van der Waals surface area contributed by atoms with Gasteiger partial charge in [-0.2, -0.15) is 0 Å². The molecule has 4 heteroatoms. The lowest BCUT2D eigenvalue weighted by Crippen LogP contribution is -2.51. The number of hydrogen-bond acceptors (Lipinski definition) is 3. The summed E-state index contributed by atoms with van der Waals surface area (Å²) in [6.07, 6.45) is 2.18. The second-order valence-corrected chi connectivity index (χ2v) is 5.79. The molecule has 0 radical (unpaired) electrons. The minimum Gasteiger partial charge on any atom is -0.356 e.